The monoisotopic (exact) mass is 235 g/mol. The second-order valence-electron chi connectivity index (χ2n) is 5.32. The molecule has 3 nitrogen and oxygen atoms in total. The quantitative estimate of drug-likeness (QED) is 0.872. The molecule has 1 aromatic rings. The minimum absolute atomic E-state index is 0.130. The number of hydrogen-bond donors (Lipinski definition) is 1. The third-order valence-electron chi connectivity index (χ3n) is 4.09. The van der Waals surface area contributed by atoms with Crippen molar-refractivity contribution < 1.29 is 9.47 Å². The summed E-state index contributed by atoms with van der Waals surface area (Å²) in [6, 6.07) is 5.87. The van der Waals surface area contributed by atoms with E-state index in [1.165, 1.54) is 0 Å². The maximum atomic E-state index is 6.39. The molecule has 1 saturated carbocycles. The van der Waals surface area contributed by atoms with E-state index in [9.17, 15) is 0 Å². The van der Waals surface area contributed by atoms with Crippen LogP contribution < -0.4 is 15.2 Å². The van der Waals surface area contributed by atoms with Crippen LogP contribution in [0.3, 0.4) is 0 Å². The number of methoxy groups -OCH3 is 2. The lowest BCUT2D eigenvalue weighted by Crippen LogP contribution is -2.43. The highest BCUT2D eigenvalue weighted by atomic mass is 16.5. The Labute approximate surface area is 103 Å². The number of nitrogens with two attached hydrogens (primary N) is 1. The lowest BCUT2D eigenvalue weighted by Gasteiger charge is -2.34. The normalized spacial score (nSPS) is 17.7. The first-order chi connectivity index (χ1) is 7.96. The predicted octanol–water partition coefficient (Wildman–Crippen LogP) is 2.47. The molecule has 0 heterocycles. The van der Waals surface area contributed by atoms with Crippen molar-refractivity contribution in [3.05, 3.63) is 23.8 Å². The van der Waals surface area contributed by atoms with Crippen molar-refractivity contribution in [3.8, 4) is 11.5 Å². The summed E-state index contributed by atoms with van der Waals surface area (Å²) < 4.78 is 10.9. The van der Waals surface area contributed by atoms with Crippen LogP contribution in [0.15, 0.2) is 18.2 Å². The van der Waals surface area contributed by atoms with Crippen LogP contribution in [0.5, 0.6) is 11.5 Å². The zero-order valence-corrected chi connectivity index (χ0v) is 11.0. The Morgan fingerprint density at radius 2 is 1.59 bits per heavy atom. The molecule has 1 aliphatic carbocycles. The van der Waals surface area contributed by atoms with Crippen LogP contribution >= 0.6 is 0 Å². The minimum atomic E-state index is -0.148. The molecule has 2 rings (SSSR count). The topological polar surface area (TPSA) is 44.5 Å². The van der Waals surface area contributed by atoms with E-state index in [2.05, 4.69) is 13.8 Å². The molecule has 94 valence electrons. The van der Waals surface area contributed by atoms with E-state index >= 15 is 0 Å². The first-order valence-electron chi connectivity index (χ1n) is 5.96. The van der Waals surface area contributed by atoms with Crippen LogP contribution in [0, 0.1) is 0 Å². The number of ether oxygens (including phenoxy) is 2. The Bertz CT molecular complexity index is 400. The smallest absolute Gasteiger partial charge is 0.126 e. The van der Waals surface area contributed by atoms with Gasteiger partial charge in [0.15, 0.2) is 0 Å². The van der Waals surface area contributed by atoms with Gasteiger partial charge in [0.05, 0.1) is 14.2 Å². The average Bonchev–Trinajstić information content (AvgIpc) is 3.07. The summed E-state index contributed by atoms with van der Waals surface area (Å²) in [6.07, 6.45) is 2.11. The third-order valence-corrected chi connectivity index (χ3v) is 4.09. The molecule has 3 heteroatoms. The van der Waals surface area contributed by atoms with E-state index in [0.29, 0.717) is 0 Å². The van der Waals surface area contributed by atoms with Crippen LogP contribution in [-0.2, 0) is 5.41 Å². The highest BCUT2D eigenvalue weighted by Crippen LogP contribution is 2.53. The Balaban J connectivity index is 2.56. The lowest BCUT2D eigenvalue weighted by molar-refractivity contribution is 0.328. The van der Waals surface area contributed by atoms with E-state index in [-0.39, 0.29) is 11.0 Å². The van der Waals surface area contributed by atoms with Crippen molar-refractivity contribution in [2.24, 2.45) is 5.73 Å². The fourth-order valence-electron chi connectivity index (χ4n) is 2.48. The van der Waals surface area contributed by atoms with Gasteiger partial charge in [0.2, 0.25) is 0 Å². The van der Waals surface area contributed by atoms with Crippen molar-refractivity contribution in [3.63, 3.8) is 0 Å². The molecule has 1 aromatic carbocycles. The second kappa shape index (κ2) is 3.91. The SMILES string of the molecule is COc1cccc(OC)c1C(C)(C)C1(N)CC1. The minimum Gasteiger partial charge on any atom is -0.496 e. The summed E-state index contributed by atoms with van der Waals surface area (Å²) in [6.45, 7) is 4.33. The van der Waals surface area contributed by atoms with Crippen LogP contribution in [0.4, 0.5) is 0 Å². The van der Waals surface area contributed by atoms with Gasteiger partial charge < -0.3 is 15.2 Å². The molecule has 17 heavy (non-hydrogen) atoms. The third kappa shape index (κ3) is 1.78. The lowest BCUT2D eigenvalue weighted by atomic mass is 9.75. The molecule has 0 radical (unpaired) electrons. The Morgan fingerprint density at radius 1 is 1.12 bits per heavy atom. The summed E-state index contributed by atoms with van der Waals surface area (Å²) in [5, 5.41) is 0. The molecule has 2 N–H and O–H groups in total. The Morgan fingerprint density at radius 3 is 1.94 bits per heavy atom. The number of benzene rings is 1. The maximum absolute atomic E-state index is 6.39. The second-order valence-corrected chi connectivity index (χ2v) is 5.32. The molecule has 0 saturated heterocycles. The number of hydrogen-bond acceptors (Lipinski definition) is 3. The van der Waals surface area contributed by atoms with Crippen LogP contribution in [-0.4, -0.2) is 19.8 Å². The first-order valence-corrected chi connectivity index (χ1v) is 5.96. The van der Waals surface area contributed by atoms with Gasteiger partial charge in [0.25, 0.3) is 0 Å². The Kier molecular flexibility index (Phi) is 2.82. The van der Waals surface area contributed by atoms with E-state index < -0.39 is 0 Å². The summed E-state index contributed by atoms with van der Waals surface area (Å²) in [5.41, 5.74) is 7.19. The van der Waals surface area contributed by atoms with Gasteiger partial charge in [-0.05, 0) is 25.0 Å². The molecule has 0 bridgehead atoms. The van der Waals surface area contributed by atoms with Crippen molar-refractivity contribution in [2.45, 2.75) is 37.6 Å². The molecular formula is C14H21NO2. The van der Waals surface area contributed by atoms with Crippen molar-refractivity contribution in [1.82, 2.24) is 0 Å². The van der Waals surface area contributed by atoms with Crippen molar-refractivity contribution in [2.75, 3.05) is 14.2 Å². The molecule has 0 unspecified atom stereocenters. The molecule has 0 amide bonds. The molecule has 1 fully saturated rings. The highest BCUT2D eigenvalue weighted by Gasteiger charge is 2.53. The van der Waals surface area contributed by atoms with Gasteiger partial charge in [-0.3, -0.25) is 0 Å². The van der Waals surface area contributed by atoms with E-state index in [1.807, 2.05) is 18.2 Å². The highest BCUT2D eigenvalue weighted by molar-refractivity contribution is 5.52. The van der Waals surface area contributed by atoms with Crippen LogP contribution in [0.25, 0.3) is 0 Å². The van der Waals surface area contributed by atoms with E-state index in [4.69, 9.17) is 15.2 Å². The summed E-state index contributed by atoms with van der Waals surface area (Å²) in [4.78, 5) is 0. The van der Waals surface area contributed by atoms with Crippen LogP contribution in [0.1, 0.15) is 32.3 Å². The van der Waals surface area contributed by atoms with Crippen molar-refractivity contribution >= 4 is 0 Å². The molecular weight excluding hydrogens is 214 g/mol. The zero-order chi connectivity index (χ0) is 12.7. The van der Waals surface area contributed by atoms with Gasteiger partial charge in [0, 0.05) is 16.5 Å². The maximum Gasteiger partial charge on any atom is 0.126 e. The molecule has 0 aromatic heterocycles. The van der Waals surface area contributed by atoms with Gasteiger partial charge in [-0.25, -0.2) is 0 Å². The summed E-state index contributed by atoms with van der Waals surface area (Å²) >= 11 is 0. The fourth-order valence-corrected chi connectivity index (χ4v) is 2.48. The standard InChI is InChI=1S/C14H21NO2/c1-13(2,14(15)8-9-14)12-10(16-3)6-5-7-11(12)17-4/h5-7H,8-9,15H2,1-4H3. The summed E-state index contributed by atoms with van der Waals surface area (Å²) in [7, 11) is 3.37. The van der Waals surface area contributed by atoms with Gasteiger partial charge in [-0.2, -0.15) is 0 Å². The van der Waals surface area contributed by atoms with E-state index in [0.717, 1.165) is 29.9 Å². The molecule has 0 aliphatic heterocycles. The summed E-state index contributed by atoms with van der Waals surface area (Å²) in [5.74, 6) is 1.71. The molecule has 1 aliphatic rings. The van der Waals surface area contributed by atoms with Crippen LogP contribution in [0.2, 0.25) is 0 Å². The first kappa shape index (κ1) is 12.2. The van der Waals surface area contributed by atoms with Crippen molar-refractivity contribution in [1.29, 1.82) is 0 Å². The zero-order valence-electron chi connectivity index (χ0n) is 11.0. The molecule has 0 atom stereocenters. The largest absolute Gasteiger partial charge is 0.496 e. The van der Waals surface area contributed by atoms with Gasteiger partial charge in [-0.1, -0.05) is 19.9 Å². The average molecular weight is 235 g/mol. The Hall–Kier alpha value is -1.22. The van der Waals surface area contributed by atoms with E-state index in [1.54, 1.807) is 14.2 Å². The van der Waals surface area contributed by atoms with Gasteiger partial charge in [-0.15, -0.1) is 0 Å². The van der Waals surface area contributed by atoms with Gasteiger partial charge in [0.1, 0.15) is 11.5 Å². The van der Waals surface area contributed by atoms with Gasteiger partial charge >= 0.3 is 0 Å². The fraction of sp³-hybridized carbons (Fsp3) is 0.571. The molecule has 0 spiro atoms. The predicted molar refractivity (Wildman–Crippen MR) is 68.7 cm³/mol. The number of rotatable bonds is 4.